The van der Waals surface area contributed by atoms with Gasteiger partial charge in [-0.05, 0) is 18.9 Å². The smallest absolute Gasteiger partial charge is 0.221 e. The molecule has 0 bridgehead atoms. The van der Waals surface area contributed by atoms with Gasteiger partial charge in [0.25, 0.3) is 0 Å². The Morgan fingerprint density at radius 1 is 1.40 bits per heavy atom. The van der Waals surface area contributed by atoms with Crippen molar-refractivity contribution in [3.05, 3.63) is 35.6 Å². The fourth-order valence-corrected chi connectivity index (χ4v) is 2.19. The van der Waals surface area contributed by atoms with E-state index >= 15 is 0 Å². The largest absolute Gasteiger partial charge is 0.376 e. The van der Waals surface area contributed by atoms with E-state index in [9.17, 15) is 9.18 Å². The van der Waals surface area contributed by atoms with Gasteiger partial charge >= 0.3 is 0 Å². The lowest BCUT2D eigenvalue weighted by Crippen LogP contribution is -2.33. The van der Waals surface area contributed by atoms with Crippen LogP contribution < -0.4 is 10.6 Å². The van der Waals surface area contributed by atoms with E-state index in [0.717, 1.165) is 19.4 Å². The van der Waals surface area contributed by atoms with Crippen molar-refractivity contribution in [1.29, 1.82) is 0 Å². The van der Waals surface area contributed by atoms with Gasteiger partial charge in [-0.1, -0.05) is 18.2 Å². The monoisotopic (exact) mass is 280 g/mol. The Bertz CT molecular complexity index is 434. The maximum atomic E-state index is 13.3. The molecular weight excluding hydrogens is 259 g/mol. The van der Waals surface area contributed by atoms with Crippen LogP contribution in [0.4, 0.5) is 4.39 Å². The fraction of sp³-hybridized carbons (Fsp3) is 0.533. The second kappa shape index (κ2) is 7.97. The lowest BCUT2D eigenvalue weighted by atomic mass is 10.2. The molecule has 4 nitrogen and oxygen atoms in total. The van der Waals surface area contributed by atoms with Crippen molar-refractivity contribution in [2.24, 2.45) is 0 Å². The van der Waals surface area contributed by atoms with E-state index in [1.165, 1.54) is 6.07 Å². The molecule has 0 aromatic heterocycles. The third-order valence-corrected chi connectivity index (χ3v) is 3.35. The van der Waals surface area contributed by atoms with Gasteiger partial charge in [-0.2, -0.15) is 0 Å². The molecule has 2 rings (SSSR count). The van der Waals surface area contributed by atoms with Gasteiger partial charge in [-0.25, -0.2) is 4.39 Å². The van der Waals surface area contributed by atoms with Crippen LogP contribution in [0.3, 0.4) is 0 Å². The van der Waals surface area contributed by atoms with Crippen molar-refractivity contribution in [3.63, 3.8) is 0 Å². The van der Waals surface area contributed by atoms with Crippen molar-refractivity contribution in [2.45, 2.75) is 31.9 Å². The minimum Gasteiger partial charge on any atom is -0.376 e. The first-order valence-electron chi connectivity index (χ1n) is 7.08. The van der Waals surface area contributed by atoms with E-state index in [4.69, 9.17) is 4.74 Å². The third kappa shape index (κ3) is 4.90. The van der Waals surface area contributed by atoms with E-state index in [-0.39, 0.29) is 17.8 Å². The van der Waals surface area contributed by atoms with Crippen LogP contribution in [0.25, 0.3) is 0 Å². The average molecular weight is 280 g/mol. The SMILES string of the molecule is O=C(CCNCc1ccccc1F)NCC1CCCO1. The molecule has 1 amide bonds. The van der Waals surface area contributed by atoms with Crippen molar-refractivity contribution >= 4 is 5.91 Å². The lowest BCUT2D eigenvalue weighted by Gasteiger charge is -2.11. The molecule has 110 valence electrons. The summed E-state index contributed by atoms with van der Waals surface area (Å²) < 4.78 is 18.8. The minimum atomic E-state index is -0.220. The molecule has 1 atom stereocenters. The summed E-state index contributed by atoms with van der Waals surface area (Å²) in [5.74, 6) is -0.218. The summed E-state index contributed by atoms with van der Waals surface area (Å²) in [6, 6.07) is 6.64. The highest BCUT2D eigenvalue weighted by Crippen LogP contribution is 2.10. The molecule has 1 aliphatic heterocycles. The second-order valence-corrected chi connectivity index (χ2v) is 4.96. The average Bonchev–Trinajstić information content (AvgIpc) is 2.96. The third-order valence-electron chi connectivity index (χ3n) is 3.35. The number of carbonyl (C=O) groups excluding carboxylic acids is 1. The highest BCUT2D eigenvalue weighted by atomic mass is 19.1. The minimum absolute atomic E-state index is 0.00142. The Labute approximate surface area is 118 Å². The van der Waals surface area contributed by atoms with Crippen LogP contribution in [-0.2, 0) is 16.1 Å². The van der Waals surface area contributed by atoms with Crippen LogP contribution >= 0.6 is 0 Å². The number of benzene rings is 1. The molecule has 1 saturated heterocycles. The van der Waals surface area contributed by atoms with Gasteiger partial charge in [0, 0.05) is 38.2 Å². The van der Waals surface area contributed by atoms with Crippen molar-refractivity contribution in [2.75, 3.05) is 19.7 Å². The van der Waals surface area contributed by atoms with Crippen LogP contribution in [0.15, 0.2) is 24.3 Å². The van der Waals surface area contributed by atoms with Crippen molar-refractivity contribution in [1.82, 2.24) is 10.6 Å². The summed E-state index contributed by atoms with van der Waals surface area (Å²) >= 11 is 0. The molecule has 20 heavy (non-hydrogen) atoms. The van der Waals surface area contributed by atoms with E-state index in [2.05, 4.69) is 10.6 Å². The molecule has 1 aromatic rings. The summed E-state index contributed by atoms with van der Waals surface area (Å²) in [4.78, 5) is 11.6. The number of carbonyl (C=O) groups is 1. The number of rotatable bonds is 7. The van der Waals surface area contributed by atoms with E-state index in [1.807, 2.05) is 0 Å². The first-order chi connectivity index (χ1) is 9.75. The molecule has 1 fully saturated rings. The Morgan fingerprint density at radius 3 is 3.00 bits per heavy atom. The van der Waals surface area contributed by atoms with Gasteiger partial charge < -0.3 is 15.4 Å². The van der Waals surface area contributed by atoms with Gasteiger partial charge in [0.1, 0.15) is 5.82 Å². The van der Waals surface area contributed by atoms with Gasteiger partial charge in [0.15, 0.2) is 0 Å². The number of halogens is 1. The fourth-order valence-electron chi connectivity index (χ4n) is 2.19. The Morgan fingerprint density at radius 2 is 2.25 bits per heavy atom. The highest BCUT2D eigenvalue weighted by molar-refractivity contribution is 5.76. The molecule has 5 heteroatoms. The van der Waals surface area contributed by atoms with Gasteiger partial charge in [-0.15, -0.1) is 0 Å². The summed E-state index contributed by atoms with van der Waals surface area (Å²) in [5, 5.41) is 5.93. The zero-order chi connectivity index (χ0) is 14.2. The molecule has 0 radical (unpaired) electrons. The number of nitrogens with one attached hydrogen (secondary N) is 2. The number of hydrogen-bond acceptors (Lipinski definition) is 3. The molecule has 0 saturated carbocycles. The number of ether oxygens (including phenoxy) is 1. The molecule has 1 aromatic carbocycles. The van der Waals surface area contributed by atoms with Crippen LogP contribution in [0.1, 0.15) is 24.8 Å². The summed E-state index contributed by atoms with van der Waals surface area (Å²) in [6.07, 6.45) is 2.66. The molecule has 2 N–H and O–H groups in total. The first kappa shape index (κ1) is 14.9. The second-order valence-electron chi connectivity index (χ2n) is 4.96. The summed E-state index contributed by atoms with van der Waals surface area (Å²) in [6.45, 7) is 2.36. The van der Waals surface area contributed by atoms with Gasteiger partial charge in [-0.3, -0.25) is 4.79 Å². The zero-order valence-corrected chi connectivity index (χ0v) is 11.5. The van der Waals surface area contributed by atoms with Crippen molar-refractivity contribution in [3.8, 4) is 0 Å². The topological polar surface area (TPSA) is 50.4 Å². The van der Waals surface area contributed by atoms with Gasteiger partial charge in [0.2, 0.25) is 5.91 Å². The Kier molecular flexibility index (Phi) is 5.95. The zero-order valence-electron chi connectivity index (χ0n) is 11.5. The predicted octanol–water partition coefficient (Wildman–Crippen LogP) is 1.60. The van der Waals surface area contributed by atoms with Crippen LogP contribution in [0, 0.1) is 5.82 Å². The van der Waals surface area contributed by atoms with E-state index in [0.29, 0.717) is 31.6 Å². The molecule has 1 aliphatic rings. The quantitative estimate of drug-likeness (QED) is 0.746. The maximum absolute atomic E-state index is 13.3. The molecule has 1 heterocycles. The van der Waals surface area contributed by atoms with Gasteiger partial charge in [0.05, 0.1) is 6.10 Å². The lowest BCUT2D eigenvalue weighted by molar-refractivity contribution is -0.121. The maximum Gasteiger partial charge on any atom is 0.221 e. The standard InChI is InChI=1S/C15H21FN2O2/c16-14-6-2-1-4-12(14)10-17-8-7-15(19)18-11-13-5-3-9-20-13/h1-2,4,6,13,17H,3,5,7-11H2,(H,18,19). The molecule has 1 unspecified atom stereocenters. The number of hydrogen-bond donors (Lipinski definition) is 2. The van der Waals surface area contributed by atoms with Crippen molar-refractivity contribution < 1.29 is 13.9 Å². The Balaban J connectivity index is 1.56. The van der Waals surface area contributed by atoms with Crippen LogP contribution in [0.2, 0.25) is 0 Å². The Hall–Kier alpha value is -1.46. The first-order valence-corrected chi connectivity index (χ1v) is 7.08. The molecule has 0 aliphatic carbocycles. The highest BCUT2D eigenvalue weighted by Gasteiger charge is 2.15. The molecular formula is C15H21FN2O2. The number of amides is 1. The van der Waals surface area contributed by atoms with Crippen LogP contribution in [-0.4, -0.2) is 31.7 Å². The van der Waals surface area contributed by atoms with Crippen LogP contribution in [0.5, 0.6) is 0 Å². The molecule has 0 spiro atoms. The van der Waals surface area contributed by atoms with E-state index in [1.54, 1.807) is 18.2 Å². The summed E-state index contributed by atoms with van der Waals surface area (Å²) in [5.41, 5.74) is 0.618. The van der Waals surface area contributed by atoms with E-state index < -0.39 is 0 Å². The predicted molar refractivity (Wildman–Crippen MR) is 74.7 cm³/mol. The normalized spacial score (nSPS) is 18.1. The summed E-state index contributed by atoms with van der Waals surface area (Å²) in [7, 11) is 0.